The Kier molecular flexibility index (Phi) is 30.1. The molecule has 2 aliphatic rings. The van der Waals surface area contributed by atoms with E-state index in [0.29, 0.717) is 43.4 Å². The summed E-state index contributed by atoms with van der Waals surface area (Å²) in [5, 5.41) is 13.4. The van der Waals surface area contributed by atoms with Gasteiger partial charge < -0.3 is 16.8 Å². The van der Waals surface area contributed by atoms with Gasteiger partial charge in [0.05, 0.1) is 0 Å². The van der Waals surface area contributed by atoms with Gasteiger partial charge in [-0.2, -0.15) is 6.42 Å². The number of hydrogen-bond acceptors (Lipinski definition) is 3. The Bertz CT molecular complexity index is 1900. The van der Waals surface area contributed by atoms with Crippen LogP contribution < -0.4 is 18.9 Å². The van der Waals surface area contributed by atoms with Crippen molar-refractivity contribution in [3.63, 3.8) is 0 Å². The van der Waals surface area contributed by atoms with E-state index in [4.69, 9.17) is 4.74 Å². The van der Waals surface area contributed by atoms with Crippen LogP contribution in [0, 0.1) is 53.9 Å². The molecule has 1 unspecified atom stereocenters. The maximum Gasteiger partial charge on any atom is 1.00 e. The molecule has 0 radical (unpaired) electrons. The molecule has 2 saturated carbocycles. The zero-order valence-electron chi connectivity index (χ0n) is 38.4. The van der Waals surface area contributed by atoms with E-state index in [-0.39, 0.29) is 18.9 Å². The topological polar surface area (TPSA) is 46.5 Å². The Labute approximate surface area is 413 Å². The van der Waals surface area contributed by atoms with Gasteiger partial charge in [-0.25, -0.2) is 17.6 Å². The molecule has 63 heavy (non-hydrogen) atoms. The molecule has 0 spiro atoms. The van der Waals surface area contributed by atoms with Gasteiger partial charge in [0.15, 0.2) is 23.3 Å². The summed E-state index contributed by atoms with van der Waals surface area (Å²) >= 11 is 10.1. The van der Waals surface area contributed by atoms with Crippen molar-refractivity contribution in [1.29, 1.82) is 0 Å². The Hall–Kier alpha value is -1.77. The Balaban J connectivity index is 0.000000454. The normalized spacial score (nSPS) is 18.4. The molecule has 4 aromatic rings. The number of unbranched alkanes of at least 4 members (excludes halogenated alkanes) is 1. The third kappa shape index (κ3) is 19.9. The average molecular weight is 1060 g/mol. The largest absolute Gasteiger partial charge is 1.00 e. The zero-order chi connectivity index (χ0) is 46.4. The number of carbonyl (C=O) groups excluding carboxylic acids is 1. The monoisotopic (exact) mass is 1060 g/mol. The first-order valence-corrected chi connectivity index (χ1v) is 24.7. The van der Waals surface area contributed by atoms with E-state index < -0.39 is 29.4 Å². The first kappa shape index (κ1) is 59.2. The molecule has 4 aromatic carbocycles. The van der Waals surface area contributed by atoms with Gasteiger partial charge in [0.25, 0.3) is 0 Å². The van der Waals surface area contributed by atoms with E-state index in [2.05, 4.69) is 88.6 Å². The number of rotatable bonds is 12. The van der Waals surface area contributed by atoms with Crippen molar-refractivity contribution >= 4 is 75.6 Å². The van der Waals surface area contributed by atoms with Crippen LogP contribution in [0.4, 0.5) is 17.6 Å². The van der Waals surface area contributed by atoms with Crippen LogP contribution in [-0.2, 0) is 9.53 Å². The van der Waals surface area contributed by atoms with Crippen LogP contribution >= 0.6 is 47.8 Å². The van der Waals surface area contributed by atoms with E-state index in [1.165, 1.54) is 94.9 Å². The molecule has 0 aromatic heterocycles. The standard InChI is InChI=1S/C22H25BrF2O.C12H20O.C10H4Br2F2.C4H10O.C4H9.Li/c1-3-4-14-5-7-15(8-6-14)13(2)22(26)18-9-16-11-20(24)21(25)12-17(16)10-19(18)23;1-3-4-11-5-7-12(8-6-11)10(2)9-13;11-7-1-5-3-9(13)10(14)4-6(5)2-8(7)12;1-3-5-4-2;1-3-4-2;/h9-12,14-15,22,26H,2-8H2,1H3;9,11-12H,2-8H2,1H3;1-4H;3-4H2,1-2H3;1,3-4H2,2H3;/q;;;;-1;+1. The zero-order valence-corrected chi connectivity index (χ0v) is 43.2. The Morgan fingerprint density at radius 3 is 1.32 bits per heavy atom. The summed E-state index contributed by atoms with van der Waals surface area (Å²) in [4.78, 5) is 10.5. The van der Waals surface area contributed by atoms with Crippen LogP contribution in [0.3, 0.4) is 0 Å². The average Bonchev–Trinajstić information content (AvgIpc) is 3.26. The van der Waals surface area contributed by atoms with Gasteiger partial charge in [-0.3, -0.25) is 4.79 Å². The molecule has 2 aliphatic carbocycles. The van der Waals surface area contributed by atoms with Gasteiger partial charge in [0.1, 0.15) is 12.4 Å². The van der Waals surface area contributed by atoms with Crippen LogP contribution in [-0.4, -0.2) is 24.6 Å². The quantitative estimate of drug-likeness (QED) is 0.0384. The third-order valence-electron chi connectivity index (χ3n) is 11.6. The molecule has 3 nitrogen and oxygen atoms in total. The van der Waals surface area contributed by atoms with Crippen LogP contribution in [0.15, 0.2) is 86.3 Å². The molecule has 11 heteroatoms. The van der Waals surface area contributed by atoms with Crippen molar-refractivity contribution in [2.24, 2.45) is 23.7 Å². The molecule has 0 aliphatic heterocycles. The van der Waals surface area contributed by atoms with Crippen molar-refractivity contribution in [1.82, 2.24) is 0 Å². The molecule has 6 rings (SSSR count). The van der Waals surface area contributed by atoms with E-state index in [1.54, 1.807) is 24.3 Å². The summed E-state index contributed by atoms with van der Waals surface area (Å²) in [6, 6.07) is 11.6. The summed E-state index contributed by atoms with van der Waals surface area (Å²) < 4.78 is 59.9. The summed E-state index contributed by atoms with van der Waals surface area (Å²) in [5.41, 5.74) is 2.29. The number of allylic oxidation sites excluding steroid dienone is 1. The minimum absolute atomic E-state index is 0. The number of aliphatic hydroxyl groups excluding tert-OH is 1. The molecule has 0 bridgehead atoms. The van der Waals surface area contributed by atoms with Crippen molar-refractivity contribution in [2.75, 3.05) is 13.2 Å². The number of fused-ring (bicyclic) bond motifs is 2. The van der Waals surface area contributed by atoms with Crippen LogP contribution in [0.5, 0.6) is 0 Å². The molecule has 0 amide bonds. The third-order valence-corrected chi connectivity index (χ3v) is 14.1. The molecule has 1 N–H and O–H groups in total. The van der Waals surface area contributed by atoms with Gasteiger partial charge in [0.2, 0.25) is 0 Å². The molecular weight excluding hydrogens is 995 g/mol. The predicted octanol–water partition coefficient (Wildman–Crippen LogP) is 14.7. The minimum atomic E-state index is -0.881. The number of aliphatic hydroxyl groups is 1. The molecule has 0 saturated heterocycles. The molecule has 2 fully saturated rings. The number of ether oxygens (including phenoxy) is 1. The van der Waals surface area contributed by atoms with Gasteiger partial charge in [-0.05, 0) is 208 Å². The molecule has 1 atom stereocenters. The van der Waals surface area contributed by atoms with Gasteiger partial charge in [-0.1, -0.05) is 82.0 Å². The van der Waals surface area contributed by atoms with Crippen molar-refractivity contribution in [3.05, 3.63) is 122 Å². The van der Waals surface area contributed by atoms with Crippen LogP contribution in [0.25, 0.3) is 21.5 Å². The second kappa shape index (κ2) is 32.0. The maximum absolute atomic E-state index is 13.6. The SMILES string of the molecule is C=C(C1CCC(CCC)CC1)C(O)c1cc2cc(F)c(F)cc2cc1Br.C=C(C=O)C1CCC(CCC)CC1.CCOCC.Fc1cc2cc(Br)c(Br)cc2cc1F.[CH2-]CCC.[Li+]. The second-order valence-electron chi connectivity index (χ2n) is 16.2. The number of benzene rings is 4. The summed E-state index contributed by atoms with van der Waals surface area (Å²) in [6.45, 7) is 23.8. The number of hydrogen-bond donors (Lipinski definition) is 1. The first-order valence-electron chi connectivity index (χ1n) is 22.3. The van der Waals surface area contributed by atoms with Gasteiger partial charge >= 0.3 is 18.9 Å². The minimum Gasteiger partial charge on any atom is -0.384 e. The first-order chi connectivity index (χ1) is 29.6. The molecule has 0 heterocycles. The van der Waals surface area contributed by atoms with Crippen molar-refractivity contribution < 1.29 is 51.1 Å². The Morgan fingerprint density at radius 1 is 0.651 bits per heavy atom. The van der Waals surface area contributed by atoms with Crippen molar-refractivity contribution in [2.45, 2.75) is 131 Å². The van der Waals surface area contributed by atoms with Gasteiger partial charge in [-0.15, -0.1) is 0 Å². The number of aldehydes is 1. The fraction of sp³-hybridized carbons (Fsp3) is 0.500. The number of carbonyl (C=O) groups is 1. The summed E-state index contributed by atoms with van der Waals surface area (Å²) in [5.74, 6) is -0.888. The van der Waals surface area contributed by atoms with E-state index in [0.717, 1.165) is 70.7 Å². The van der Waals surface area contributed by atoms with Crippen LogP contribution in [0.1, 0.15) is 136 Å². The summed E-state index contributed by atoms with van der Waals surface area (Å²) in [6.07, 6.45) is 17.0. The Morgan fingerprint density at radius 2 is 1.00 bits per heavy atom. The van der Waals surface area contributed by atoms with Crippen molar-refractivity contribution in [3.8, 4) is 0 Å². The smallest absolute Gasteiger partial charge is 0.384 e. The maximum atomic E-state index is 13.6. The van der Waals surface area contributed by atoms with Gasteiger partial charge in [0, 0.05) is 26.6 Å². The van der Waals surface area contributed by atoms with E-state index in [1.807, 2.05) is 13.8 Å². The van der Waals surface area contributed by atoms with E-state index >= 15 is 0 Å². The molecule has 344 valence electrons. The predicted molar refractivity (Wildman–Crippen MR) is 263 cm³/mol. The fourth-order valence-corrected chi connectivity index (χ4v) is 9.22. The number of halogens is 7. The fourth-order valence-electron chi connectivity index (χ4n) is 7.92. The summed E-state index contributed by atoms with van der Waals surface area (Å²) in [7, 11) is 0. The second-order valence-corrected chi connectivity index (χ2v) is 18.7. The van der Waals surface area contributed by atoms with Crippen LogP contribution in [0.2, 0.25) is 0 Å². The molecular formula is C52H68Br3F4LiO3. The van der Waals surface area contributed by atoms with E-state index in [9.17, 15) is 27.5 Å².